The molecule has 1 amide bonds. The molecule has 1 aromatic rings. The van der Waals surface area contributed by atoms with Gasteiger partial charge in [-0.15, -0.1) is 12.4 Å². The maximum Gasteiger partial charge on any atom is 0.255 e. The van der Waals surface area contributed by atoms with Crippen LogP contribution in [0.15, 0.2) is 24.3 Å². The lowest BCUT2D eigenvalue weighted by Gasteiger charge is -2.15. The molecule has 1 aromatic carbocycles. The van der Waals surface area contributed by atoms with E-state index < -0.39 is 0 Å². The molecule has 0 aromatic heterocycles. The number of β-amino-alcohol motifs (C(OH)–C–C–N with tert-alkyl or cyclic N) is 1. The van der Waals surface area contributed by atoms with Gasteiger partial charge in [-0.1, -0.05) is 12.1 Å². The highest BCUT2D eigenvalue weighted by Crippen LogP contribution is 2.17. The SMILES string of the molecule is COc1ccccc1C(=O)NCC1CNCC1O.Cl. The molecule has 0 saturated carbocycles. The first-order chi connectivity index (χ1) is 8.72. The van der Waals surface area contributed by atoms with Gasteiger partial charge in [0.2, 0.25) is 0 Å². The van der Waals surface area contributed by atoms with E-state index in [1.807, 2.05) is 6.07 Å². The van der Waals surface area contributed by atoms with E-state index in [1.54, 1.807) is 18.2 Å². The molecule has 2 unspecified atom stereocenters. The van der Waals surface area contributed by atoms with E-state index in [0.29, 0.717) is 24.4 Å². The fraction of sp³-hybridized carbons (Fsp3) is 0.462. The predicted octanol–water partition coefficient (Wildman–Crippen LogP) is 0.427. The number of benzene rings is 1. The van der Waals surface area contributed by atoms with E-state index in [2.05, 4.69) is 10.6 Å². The van der Waals surface area contributed by atoms with E-state index in [-0.39, 0.29) is 30.3 Å². The molecule has 2 atom stereocenters. The summed E-state index contributed by atoms with van der Waals surface area (Å²) in [5.41, 5.74) is 0.514. The number of para-hydroxylation sites is 1. The van der Waals surface area contributed by atoms with Gasteiger partial charge in [0.05, 0.1) is 18.8 Å². The number of amides is 1. The van der Waals surface area contributed by atoms with Crippen molar-refractivity contribution in [1.29, 1.82) is 0 Å². The summed E-state index contributed by atoms with van der Waals surface area (Å²) < 4.78 is 5.14. The molecule has 106 valence electrons. The van der Waals surface area contributed by atoms with Crippen molar-refractivity contribution in [2.75, 3.05) is 26.7 Å². The molecular formula is C13H19ClN2O3. The number of rotatable bonds is 4. The van der Waals surface area contributed by atoms with E-state index >= 15 is 0 Å². The van der Waals surface area contributed by atoms with Crippen LogP contribution in [0.25, 0.3) is 0 Å². The molecule has 19 heavy (non-hydrogen) atoms. The topological polar surface area (TPSA) is 70.6 Å². The number of aliphatic hydroxyl groups is 1. The van der Waals surface area contributed by atoms with Crippen LogP contribution in [0, 0.1) is 5.92 Å². The molecule has 5 nitrogen and oxygen atoms in total. The molecule has 0 aliphatic carbocycles. The number of hydrogen-bond donors (Lipinski definition) is 3. The number of halogens is 1. The Morgan fingerprint density at radius 2 is 2.21 bits per heavy atom. The van der Waals surface area contributed by atoms with Gasteiger partial charge in [-0.05, 0) is 12.1 Å². The maximum atomic E-state index is 12.0. The molecule has 0 bridgehead atoms. The van der Waals surface area contributed by atoms with Crippen molar-refractivity contribution in [3.05, 3.63) is 29.8 Å². The highest BCUT2D eigenvalue weighted by Gasteiger charge is 2.25. The Hall–Kier alpha value is -1.30. The summed E-state index contributed by atoms with van der Waals surface area (Å²) in [6.07, 6.45) is -0.386. The molecule has 1 fully saturated rings. The third kappa shape index (κ3) is 3.83. The number of methoxy groups -OCH3 is 1. The van der Waals surface area contributed by atoms with Gasteiger partial charge in [0, 0.05) is 25.6 Å². The van der Waals surface area contributed by atoms with E-state index in [4.69, 9.17) is 4.74 Å². The second kappa shape index (κ2) is 7.33. The van der Waals surface area contributed by atoms with Crippen molar-refractivity contribution in [2.45, 2.75) is 6.10 Å². The molecule has 6 heteroatoms. The summed E-state index contributed by atoms with van der Waals surface area (Å²) in [4.78, 5) is 12.0. The summed E-state index contributed by atoms with van der Waals surface area (Å²) in [5, 5.41) is 15.5. The lowest BCUT2D eigenvalue weighted by atomic mass is 10.1. The fourth-order valence-corrected chi connectivity index (χ4v) is 2.08. The molecule has 2 rings (SSSR count). The van der Waals surface area contributed by atoms with Crippen LogP contribution in [0.4, 0.5) is 0 Å². The highest BCUT2D eigenvalue weighted by atomic mass is 35.5. The first kappa shape index (κ1) is 15.8. The van der Waals surface area contributed by atoms with Gasteiger partial charge in [0.25, 0.3) is 5.91 Å². The molecule has 0 radical (unpaired) electrons. The highest BCUT2D eigenvalue weighted by molar-refractivity contribution is 5.96. The Balaban J connectivity index is 0.00000180. The Labute approximate surface area is 118 Å². The largest absolute Gasteiger partial charge is 0.496 e. The van der Waals surface area contributed by atoms with Crippen LogP contribution in [0.3, 0.4) is 0 Å². The minimum atomic E-state index is -0.386. The number of aliphatic hydroxyl groups excluding tert-OH is 1. The van der Waals surface area contributed by atoms with Crippen molar-refractivity contribution >= 4 is 18.3 Å². The molecule has 0 spiro atoms. The second-order valence-electron chi connectivity index (χ2n) is 4.40. The van der Waals surface area contributed by atoms with Crippen LogP contribution < -0.4 is 15.4 Å². The summed E-state index contributed by atoms with van der Waals surface area (Å²) in [6, 6.07) is 7.09. The average molecular weight is 287 g/mol. The molecular weight excluding hydrogens is 268 g/mol. The summed E-state index contributed by atoms with van der Waals surface area (Å²) in [5.74, 6) is 0.454. The quantitative estimate of drug-likeness (QED) is 0.751. The van der Waals surface area contributed by atoms with Gasteiger partial charge >= 0.3 is 0 Å². The van der Waals surface area contributed by atoms with Crippen LogP contribution >= 0.6 is 12.4 Å². The number of carbonyl (C=O) groups is 1. The van der Waals surface area contributed by atoms with Crippen LogP contribution in [0.5, 0.6) is 5.75 Å². The predicted molar refractivity (Wildman–Crippen MR) is 74.9 cm³/mol. The van der Waals surface area contributed by atoms with Crippen LogP contribution in [0.2, 0.25) is 0 Å². The Kier molecular flexibility index (Phi) is 6.08. The number of ether oxygens (including phenoxy) is 1. The van der Waals surface area contributed by atoms with Gasteiger partial charge in [-0.25, -0.2) is 0 Å². The number of hydrogen-bond acceptors (Lipinski definition) is 4. The van der Waals surface area contributed by atoms with Crippen LogP contribution in [0.1, 0.15) is 10.4 Å². The van der Waals surface area contributed by atoms with Crippen molar-refractivity contribution in [3.8, 4) is 5.75 Å². The fourth-order valence-electron chi connectivity index (χ4n) is 2.08. The standard InChI is InChI=1S/C13H18N2O3.ClH/c1-18-12-5-3-2-4-10(12)13(17)15-7-9-6-14-8-11(9)16;/h2-5,9,11,14,16H,6-8H2,1H3,(H,15,17);1H. The third-order valence-corrected chi connectivity index (χ3v) is 3.18. The van der Waals surface area contributed by atoms with Gasteiger partial charge in [-0.2, -0.15) is 0 Å². The maximum absolute atomic E-state index is 12.0. The molecule has 3 N–H and O–H groups in total. The number of carbonyl (C=O) groups excluding carboxylic acids is 1. The van der Waals surface area contributed by atoms with Gasteiger partial charge < -0.3 is 20.5 Å². The summed E-state index contributed by atoms with van der Waals surface area (Å²) in [7, 11) is 1.54. The Bertz CT molecular complexity index is 428. The van der Waals surface area contributed by atoms with Crippen LogP contribution in [-0.4, -0.2) is 43.9 Å². The molecule has 1 aliphatic rings. The normalized spacial score (nSPS) is 21.6. The van der Waals surface area contributed by atoms with Crippen molar-refractivity contribution in [1.82, 2.24) is 10.6 Å². The van der Waals surface area contributed by atoms with Crippen molar-refractivity contribution in [2.24, 2.45) is 5.92 Å². The Morgan fingerprint density at radius 1 is 1.47 bits per heavy atom. The van der Waals surface area contributed by atoms with E-state index in [9.17, 15) is 9.90 Å². The molecule has 1 saturated heterocycles. The lowest BCUT2D eigenvalue weighted by molar-refractivity contribution is 0.0924. The minimum absolute atomic E-state index is 0. The van der Waals surface area contributed by atoms with Crippen LogP contribution in [-0.2, 0) is 0 Å². The zero-order valence-corrected chi connectivity index (χ0v) is 11.6. The minimum Gasteiger partial charge on any atom is -0.496 e. The average Bonchev–Trinajstić information content (AvgIpc) is 2.81. The van der Waals surface area contributed by atoms with E-state index in [1.165, 1.54) is 7.11 Å². The zero-order valence-electron chi connectivity index (χ0n) is 10.8. The Morgan fingerprint density at radius 3 is 2.84 bits per heavy atom. The smallest absolute Gasteiger partial charge is 0.255 e. The first-order valence-corrected chi connectivity index (χ1v) is 6.02. The second-order valence-corrected chi connectivity index (χ2v) is 4.40. The van der Waals surface area contributed by atoms with E-state index in [0.717, 1.165) is 6.54 Å². The number of nitrogens with one attached hydrogen (secondary N) is 2. The summed E-state index contributed by atoms with van der Waals surface area (Å²) in [6.45, 7) is 1.79. The lowest BCUT2D eigenvalue weighted by Crippen LogP contribution is -2.34. The summed E-state index contributed by atoms with van der Waals surface area (Å²) >= 11 is 0. The van der Waals surface area contributed by atoms with Crippen molar-refractivity contribution in [3.63, 3.8) is 0 Å². The van der Waals surface area contributed by atoms with Gasteiger partial charge in [0.1, 0.15) is 5.75 Å². The molecule has 1 heterocycles. The van der Waals surface area contributed by atoms with Gasteiger partial charge in [0.15, 0.2) is 0 Å². The monoisotopic (exact) mass is 286 g/mol. The van der Waals surface area contributed by atoms with Crippen molar-refractivity contribution < 1.29 is 14.6 Å². The third-order valence-electron chi connectivity index (χ3n) is 3.18. The van der Waals surface area contributed by atoms with Gasteiger partial charge in [-0.3, -0.25) is 4.79 Å². The molecule has 1 aliphatic heterocycles. The zero-order chi connectivity index (χ0) is 13.0. The first-order valence-electron chi connectivity index (χ1n) is 6.02.